The minimum Gasteiger partial charge on any atom is -0.310 e. The number of nitrogens with zero attached hydrogens (tertiary/aromatic N) is 1. The summed E-state index contributed by atoms with van der Waals surface area (Å²) in [6, 6.07) is 0.743. The van der Waals surface area contributed by atoms with Crippen LogP contribution in [0.1, 0.15) is 53.4 Å². The number of nitrogens with one attached hydrogen (secondary N) is 1. The molecule has 1 heterocycles. The highest BCUT2D eigenvalue weighted by atomic mass is 15.2. The predicted octanol–water partition coefficient (Wildman–Crippen LogP) is 2.89. The van der Waals surface area contributed by atoms with E-state index in [1.54, 1.807) is 0 Å². The smallest absolute Gasteiger partial charge is 0.0308 e. The van der Waals surface area contributed by atoms with Gasteiger partial charge < -0.3 is 5.32 Å². The summed E-state index contributed by atoms with van der Waals surface area (Å²) in [4.78, 5) is 2.73. The lowest BCUT2D eigenvalue weighted by molar-refractivity contribution is 0.145. The molecule has 17 heavy (non-hydrogen) atoms. The summed E-state index contributed by atoms with van der Waals surface area (Å²) in [7, 11) is 0. The van der Waals surface area contributed by atoms with Gasteiger partial charge in [0, 0.05) is 18.1 Å². The van der Waals surface area contributed by atoms with E-state index >= 15 is 0 Å². The third kappa shape index (κ3) is 3.45. The summed E-state index contributed by atoms with van der Waals surface area (Å²) in [5.41, 5.74) is 0.391. The third-order valence-electron chi connectivity index (χ3n) is 4.60. The van der Waals surface area contributed by atoms with E-state index in [0.29, 0.717) is 5.54 Å². The average molecular weight is 238 g/mol. The Morgan fingerprint density at radius 3 is 2.59 bits per heavy atom. The number of rotatable bonds is 4. The first-order valence-electron chi connectivity index (χ1n) is 7.50. The van der Waals surface area contributed by atoms with E-state index < -0.39 is 0 Å². The molecule has 0 spiro atoms. The molecule has 0 aromatic carbocycles. The topological polar surface area (TPSA) is 15.3 Å². The van der Waals surface area contributed by atoms with Crippen molar-refractivity contribution < 1.29 is 0 Å². The summed E-state index contributed by atoms with van der Waals surface area (Å²) in [6.45, 7) is 13.3. The Morgan fingerprint density at radius 1 is 1.29 bits per heavy atom. The van der Waals surface area contributed by atoms with E-state index in [9.17, 15) is 0 Å². The van der Waals surface area contributed by atoms with Gasteiger partial charge in [0.2, 0.25) is 0 Å². The van der Waals surface area contributed by atoms with Gasteiger partial charge in [-0.2, -0.15) is 0 Å². The Kier molecular flexibility index (Phi) is 4.14. The fourth-order valence-corrected chi connectivity index (χ4v) is 3.41. The highest BCUT2D eigenvalue weighted by Crippen LogP contribution is 2.40. The average Bonchev–Trinajstić information content (AvgIpc) is 3.01. The van der Waals surface area contributed by atoms with Crippen LogP contribution in [0, 0.1) is 11.8 Å². The monoisotopic (exact) mass is 238 g/mol. The molecule has 1 saturated carbocycles. The van der Waals surface area contributed by atoms with E-state index in [1.807, 2.05) is 0 Å². The number of hydrogen-bond donors (Lipinski definition) is 1. The van der Waals surface area contributed by atoms with Crippen molar-refractivity contribution in [2.24, 2.45) is 11.8 Å². The van der Waals surface area contributed by atoms with Crippen LogP contribution >= 0.6 is 0 Å². The summed E-state index contributed by atoms with van der Waals surface area (Å²) >= 11 is 0. The lowest BCUT2D eigenvalue weighted by Gasteiger charge is -2.37. The zero-order valence-electron chi connectivity index (χ0n) is 12.1. The van der Waals surface area contributed by atoms with Crippen molar-refractivity contribution in [1.29, 1.82) is 0 Å². The fourth-order valence-electron chi connectivity index (χ4n) is 3.41. The molecule has 2 aliphatic rings. The van der Waals surface area contributed by atoms with Crippen LogP contribution in [0.4, 0.5) is 0 Å². The molecule has 0 bridgehead atoms. The molecule has 0 radical (unpaired) electrons. The van der Waals surface area contributed by atoms with Crippen molar-refractivity contribution in [2.45, 2.75) is 65.0 Å². The lowest BCUT2D eigenvalue weighted by Crippen LogP contribution is -2.52. The second kappa shape index (κ2) is 5.27. The van der Waals surface area contributed by atoms with Gasteiger partial charge >= 0.3 is 0 Å². The molecule has 2 rings (SSSR count). The van der Waals surface area contributed by atoms with Gasteiger partial charge in [-0.15, -0.1) is 0 Å². The van der Waals surface area contributed by atoms with Crippen LogP contribution in [-0.4, -0.2) is 36.1 Å². The van der Waals surface area contributed by atoms with Crippen molar-refractivity contribution in [3.8, 4) is 0 Å². The van der Waals surface area contributed by atoms with Crippen molar-refractivity contribution in [3.63, 3.8) is 0 Å². The van der Waals surface area contributed by atoms with E-state index in [4.69, 9.17) is 0 Å². The maximum absolute atomic E-state index is 3.82. The van der Waals surface area contributed by atoms with Crippen molar-refractivity contribution in [3.05, 3.63) is 0 Å². The molecule has 1 aliphatic heterocycles. The van der Waals surface area contributed by atoms with Crippen LogP contribution < -0.4 is 5.32 Å². The van der Waals surface area contributed by atoms with Gasteiger partial charge in [0.25, 0.3) is 0 Å². The zero-order chi connectivity index (χ0) is 12.5. The maximum Gasteiger partial charge on any atom is 0.0308 e. The minimum absolute atomic E-state index is 0.391. The summed E-state index contributed by atoms with van der Waals surface area (Å²) < 4.78 is 0. The molecule has 100 valence electrons. The van der Waals surface area contributed by atoms with Crippen LogP contribution in [-0.2, 0) is 0 Å². The molecule has 2 atom stereocenters. The molecule has 2 nitrogen and oxygen atoms in total. The normalized spacial score (nSPS) is 33.7. The standard InChI is InChI=1S/C15H30N2/c1-12(2)10-13(3)17-9-5-8-16-15(4,11-17)14-6-7-14/h12-14,16H,5-11H2,1-4H3. The zero-order valence-corrected chi connectivity index (χ0v) is 12.1. The molecule has 0 aromatic rings. The van der Waals surface area contributed by atoms with Gasteiger partial charge in [-0.3, -0.25) is 4.90 Å². The minimum atomic E-state index is 0.391. The molecule has 2 heteroatoms. The first-order chi connectivity index (χ1) is 8.01. The Morgan fingerprint density at radius 2 is 2.00 bits per heavy atom. The third-order valence-corrected chi connectivity index (χ3v) is 4.60. The predicted molar refractivity (Wildman–Crippen MR) is 74.2 cm³/mol. The quantitative estimate of drug-likeness (QED) is 0.810. The molecular formula is C15H30N2. The Bertz CT molecular complexity index is 247. The number of hydrogen-bond acceptors (Lipinski definition) is 2. The highest BCUT2D eigenvalue weighted by molar-refractivity contribution is 5.01. The van der Waals surface area contributed by atoms with E-state index in [1.165, 1.54) is 45.3 Å². The summed E-state index contributed by atoms with van der Waals surface area (Å²) in [5, 5.41) is 3.82. The first-order valence-corrected chi connectivity index (χ1v) is 7.50. The van der Waals surface area contributed by atoms with Crippen LogP contribution in [0.15, 0.2) is 0 Å². The van der Waals surface area contributed by atoms with Crippen LogP contribution in [0.5, 0.6) is 0 Å². The molecule has 2 fully saturated rings. The van der Waals surface area contributed by atoms with E-state index in [-0.39, 0.29) is 0 Å². The second-order valence-electron chi connectivity index (χ2n) is 6.92. The molecule has 1 N–H and O–H groups in total. The Labute approximate surface area is 107 Å². The summed E-state index contributed by atoms with van der Waals surface area (Å²) in [5.74, 6) is 1.75. The Hall–Kier alpha value is -0.0800. The van der Waals surface area contributed by atoms with Crippen molar-refractivity contribution in [1.82, 2.24) is 10.2 Å². The fraction of sp³-hybridized carbons (Fsp3) is 1.00. The van der Waals surface area contributed by atoms with Gasteiger partial charge in [-0.25, -0.2) is 0 Å². The molecule has 0 aromatic heterocycles. The van der Waals surface area contributed by atoms with Gasteiger partial charge in [0.15, 0.2) is 0 Å². The molecule has 0 amide bonds. The lowest BCUT2D eigenvalue weighted by atomic mass is 9.94. The van der Waals surface area contributed by atoms with Gasteiger partial charge in [0.05, 0.1) is 0 Å². The highest BCUT2D eigenvalue weighted by Gasteiger charge is 2.43. The molecular weight excluding hydrogens is 208 g/mol. The SMILES string of the molecule is CC(C)CC(C)N1CCCNC(C)(C2CC2)C1. The van der Waals surface area contributed by atoms with Crippen LogP contribution in [0.3, 0.4) is 0 Å². The molecule has 1 aliphatic carbocycles. The molecule has 1 saturated heterocycles. The van der Waals surface area contributed by atoms with Gasteiger partial charge in [-0.1, -0.05) is 13.8 Å². The van der Waals surface area contributed by atoms with Crippen molar-refractivity contribution in [2.75, 3.05) is 19.6 Å². The summed E-state index contributed by atoms with van der Waals surface area (Å²) in [6.07, 6.45) is 5.53. The van der Waals surface area contributed by atoms with Crippen molar-refractivity contribution >= 4 is 0 Å². The Balaban J connectivity index is 1.96. The van der Waals surface area contributed by atoms with E-state index in [2.05, 4.69) is 37.9 Å². The van der Waals surface area contributed by atoms with Crippen LogP contribution in [0.25, 0.3) is 0 Å². The second-order valence-corrected chi connectivity index (χ2v) is 6.92. The largest absolute Gasteiger partial charge is 0.310 e. The first kappa shape index (κ1) is 13.4. The van der Waals surface area contributed by atoms with E-state index in [0.717, 1.165) is 17.9 Å². The van der Waals surface area contributed by atoms with Gasteiger partial charge in [0.1, 0.15) is 0 Å². The maximum atomic E-state index is 3.82. The van der Waals surface area contributed by atoms with Crippen LogP contribution in [0.2, 0.25) is 0 Å². The van der Waals surface area contributed by atoms with Gasteiger partial charge in [-0.05, 0) is 64.5 Å². The molecule has 2 unspecified atom stereocenters.